The zero-order valence-electron chi connectivity index (χ0n) is 16.6. The SMILES string of the molecule is O=C(NC1CNC1)C1CCCN1c1nc(Nc2cc(C3CC3)[nH]n2)c2cccn2n1. The summed E-state index contributed by atoms with van der Waals surface area (Å²) >= 11 is 0. The number of carbonyl (C=O) groups excluding carboxylic acids is 1. The number of nitrogens with zero attached hydrogens (tertiary/aromatic N) is 5. The summed E-state index contributed by atoms with van der Waals surface area (Å²) in [6, 6.07) is 5.95. The van der Waals surface area contributed by atoms with Gasteiger partial charge in [-0.3, -0.25) is 9.89 Å². The molecule has 3 aromatic heterocycles. The van der Waals surface area contributed by atoms with Gasteiger partial charge in [-0.15, -0.1) is 5.10 Å². The molecule has 6 rings (SSSR count). The van der Waals surface area contributed by atoms with E-state index in [0.29, 0.717) is 17.7 Å². The van der Waals surface area contributed by atoms with Crippen LogP contribution in [0.25, 0.3) is 5.52 Å². The molecule has 1 saturated carbocycles. The number of nitrogens with one attached hydrogen (secondary N) is 4. The van der Waals surface area contributed by atoms with Gasteiger partial charge in [-0.2, -0.15) is 10.1 Å². The van der Waals surface area contributed by atoms with Crippen molar-refractivity contribution in [3.8, 4) is 0 Å². The highest BCUT2D eigenvalue weighted by atomic mass is 16.2. The summed E-state index contributed by atoms with van der Waals surface area (Å²) in [5.74, 6) is 2.66. The van der Waals surface area contributed by atoms with Crippen LogP contribution >= 0.6 is 0 Å². The monoisotopic (exact) mass is 407 g/mol. The van der Waals surface area contributed by atoms with Gasteiger partial charge in [0.2, 0.25) is 11.9 Å². The molecule has 1 amide bonds. The van der Waals surface area contributed by atoms with E-state index in [4.69, 9.17) is 4.98 Å². The van der Waals surface area contributed by atoms with Crippen molar-refractivity contribution in [1.29, 1.82) is 0 Å². The van der Waals surface area contributed by atoms with Gasteiger partial charge in [0.1, 0.15) is 11.6 Å². The number of amides is 1. The van der Waals surface area contributed by atoms with Crippen LogP contribution in [0.3, 0.4) is 0 Å². The van der Waals surface area contributed by atoms with Gasteiger partial charge >= 0.3 is 0 Å². The molecule has 5 heterocycles. The average Bonchev–Trinajstić information content (AvgIpc) is 3.12. The molecular formula is C20H25N9O. The topological polar surface area (TPSA) is 115 Å². The first-order chi connectivity index (χ1) is 14.7. The molecule has 10 nitrogen and oxygen atoms in total. The molecule has 0 aromatic carbocycles. The lowest BCUT2D eigenvalue weighted by Gasteiger charge is -2.31. The molecule has 10 heteroatoms. The number of aromatic amines is 1. The van der Waals surface area contributed by atoms with E-state index in [1.165, 1.54) is 18.5 Å². The predicted molar refractivity (Wildman–Crippen MR) is 112 cm³/mol. The second kappa shape index (κ2) is 6.98. The van der Waals surface area contributed by atoms with Crippen molar-refractivity contribution in [2.75, 3.05) is 29.9 Å². The number of H-pyrrole nitrogens is 1. The Bertz CT molecular complexity index is 1080. The fourth-order valence-corrected chi connectivity index (χ4v) is 4.23. The van der Waals surface area contributed by atoms with Gasteiger partial charge in [-0.25, -0.2) is 4.52 Å². The van der Waals surface area contributed by atoms with Crippen LogP contribution in [0.2, 0.25) is 0 Å². The maximum Gasteiger partial charge on any atom is 0.246 e. The fourth-order valence-electron chi connectivity index (χ4n) is 4.23. The molecule has 2 aliphatic heterocycles. The first-order valence-corrected chi connectivity index (χ1v) is 10.7. The van der Waals surface area contributed by atoms with Crippen molar-refractivity contribution in [3.63, 3.8) is 0 Å². The van der Waals surface area contributed by atoms with Crippen molar-refractivity contribution in [1.82, 2.24) is 35.4 Å². The van der Waals surface area contributed by atoms with Crippen LogP contribution in [0.4, 0.5) is 17.6 Å². The van der Waals surface area contributed by atoms with Crippen molar-refractivity contribution in [3.05, 3.63) is 30.1 Å². The zero-order chi connectivity index (χ0) is 20.1. The van der Waals surface area contributed by atoms with Crippen LogP contribution in [-0.4, -0.2) is 62.4 Å². The number of hydrogen-bond acceptors (Lipinski definition) is 7. The highest BCUT2D eigenvalue weighted by Crippen LogP contribution is 2.39. The molecule has 3 aliphatic rings. The van der Waals surface area contributed by atoms with Gasteiger partial charge in [-0.1, -0.05) is 0 Å². The van der Waals surface area contributed by atoms with Gasteiger partial charge in [0, 0.05) is 43.5 Å². The Labute approximate surface area is 173 Å². The maximum atomic E-state index is 12.8. The van der Waals surface area contributed by atoms with Crippen molar-refractivity contribution in [2.45, 2.75) is 43.7 Å². The van der Waals surface area contributed by atoms with E-state index >= 15 is 0 Å². The van der Waals surface area contributed by atoms with Gasteiger partial charge < -0.3 is 20.9 Å². The third-order valence-electron chi connectivity index (χ3n) is 6.18. The number of anilines is 3. The smallest absolute Gasteiger partial charge is 0.246 e. The minimum atomic E-state index is -0.238. The third-order valence-corrected chi connectivity index (χ3v) is 6.18. The molecule has 2 saturated heterocycles. The van der Waals surface area contributed by atoms with E-state index in [0.717, 1.165) is 43.8 Å². The summed E-state index contributed by atoms with van der Waals surface area (Å²) in [6.45, 7) is 2.44. The largest absolute Gasteiger partial charge is 0.349 e. The van der Waals surface area contributed by atoms with Crippen molar-refractivity contribution >= 4 is 29.0 Å². The van der Waals surface area contributed by atoms with E-state index in [1.807, 2.05) is 27.7 Å². The lowest BCUT2D eigenvalue weighted by molar-refractivity contribution is -0.123. The van der Waals surface area contributed by atoms with Gasteiger partial charge in [-0.05, 0) is 37.8 Å². The Kier molecular flexibility index (Phi) is 4.12. The van der Waals surface area contributed by atoms with Gasteiger partial charge in [0.15, 0.2) is 11.6 Å². The maximum absolute atomic E-state index is 12.8. The van der Waals surface area contributed by atoms with E-state index in [2.05, 4.69) is 37.3 Å². The fraction of sp³-hybridized carbons (Fsp3) is 0.500. The van der Waals surface area contributed by atoms with E-state index in [-0.39, 0.29) is 18.0 Å². The van der Waals surface area contributed by atoms with E-state index in [9.17, 15) is 4.79 Å². The number of fused-ring (bicyclic) bond motifs is 1. The van der Waals surface area contributed by atoms with Crippen LogP contribution < -0.4 is 20.9 Å². The number of aromatic nitrogens is 5. The standard InChI is InChI=1S/C20H25N9O/c30-19(22-13-10-21-11-13)16-4-1-7-28(16)20-24-18(15-3-2-8-29(15)27-20)23-17-9-14(25-26-17)12-5-6-12/h2-3,8-9,12-13,16,21H,1,4-7,10-11H2,(H,22,30)(H2,23,24,25,26,27). The Morgan fingerprint density at radius 1 is 1.23 bits per heavy atom. The summed E-state index contributed by atoms with van der Waals surface area (Å²) in [6.07, 6.45) is 6.10. The van der Waals surface area contributed by atoms with Crippen LogP contribution in [-0.2, 0) is 4.79 Å². The second-order valence-corrected chi connectivity index (χ2v) is 8.42. The first kappa shape index (κ1) is 17.7. The number of hydrogen-bond donors (Lipinski definition) is 4. The lowest BCUT2D eigenvalue weighted by atomic mass is 10.1. The minimum absolute atomic E-state index is 0.0612. The summed E-state index contributed by atoms with van der Waals surface area (Å²) in [7, 11) is 0. The molecule has 0 spiro atoms. The Hall–Kier alpha value is -3.14. The van der Waals surface area contributed by atoms with Crippen LogP contribution in [0.5, 0.6) is 0 Å². The summed E-state index contributed by atoms with van der Waals surface area (Å²) in [5.41, 5.74) is 2.04. The summed E-state index contributed by atoms with van der Waals surface area (Å²) in [4.78, 5) is 19.6. The third kappa shape index (κ3) is 3.17. The molecule has 0 bridgehead atoms. The van der Waals surface area contributed by atoms with Crippen LogP contribution in [0, 0.1) is 0 Å². The molecule has 3 fully saturated rings. The first-order valence-electron chi connectivity index (χ1n) is 10.7. The van der Waals surface area contributed by atoms with Gasteiger partial charge in [0.25, 0.3) is 0 Å². The molecule has 1 aliphatic carbocycles. The van der Waals surface area contributed by atoms with E-state index in [1.54, 1.807) is 0 Å². The Morgan fingerprint density at radius 3 is 2.93 bits per heavy atom. The molecule has 156 valence electrons. The lowest BCUT2D eigenvalue weighted by Crippen LogP contribution is -2.59. The molecule has 1 atom stereocenters. The van der Waals surface area contributed by atoms with Crippen LogP contribution in [0.1, 0.15) is 37.3 Å². The van der Waals surface area contributed by atoms with Gasteiger partial charge in [0.05, 0.1) is 6.04 Å². The quantitative estimate of drug-likeness (QED) is 0.484. The van der Waals surface area contributed by atoms with Crippen molar-refractivity contribution in [2.24, 2.45) is 0 Å². The Balaban J connectivity index is 1.29. The zero-order valence-corrected chi connectivity index (χ0v) is 16.6. The van der Waals surface area contributed by atoms with Crippen molar-refractivity contribution < 1.29 is 4.79 Å². The van der Waals surface area contributed by atoms with Crippen LogP contribution in [0.15, 0.2) is 24.4 Å². The normalized spacial score (nSPS) is 21.7. The molecule has 1 unspecified atom stereocenters. The molecular weight excluding hydrogens is 382 g/mol. The highest BCUT2D eigenvalue weighted by Gasteiger charge is 2.35. The molecule has 30 heavy (non-hydrogen) atoms. The highest BCUT2D eigenvalue weighted by molar-refractivity contribution is 5.86. The molecule has 3 aromatic rings. The predicted octanol–water partition coefficient (Wildman–Crippen LogP) is 1.13. The van der Waals surface area contributed by atoms with E-state index < -0.39 is 0 Å². The molecule has 4 N–H and O–H groups in total. The Morgan fingerprint density at radius 2 is 2.13 bits per heavy atom. The molecule has 0 radical (unpaired) electrons. The number of rotatable bonds is 6. The average molecular weight is 407 g/mol. The summed E-state index contributed by atoms with van der Waals surface area (Å²) in [5, 5.41) is 21.9. The second-order valence-electron chi connectivity index (χ2n) is 8.42. The summed E-state index contributed by atoms with van der Waals surface area (Å²) < 4.78 is 1.81. The minimum Gasteiger partial charge on any atom is -0.349 e. The number of carbonyl (C=O) groups is 1.